The Bertz CT molecular complexity index is 768. The lowest BCUT2D eigenvalue weighted by molar-refractivity contribution is -0.150. The second kappa shape index (κ2) is 6.52. The summed E-state index contributed by atoms with van der Waals surface area (Å²) in [5.74, 6) is -0.176. The molecule has 3 heterocycles. The highest BCUT2D eigenvalue weighted by Gasteiger charge is 2.51. The third-order valence-electron chi connectivity index (χ3n) is 4.51. The fraction of sp³-hybridized carbons (Fsp3) is 0.278. The Hall–Kier alpha value is -2.93. The van der Waals surface area contributed by atoms with Crippen LogP contribution < -0.4 is 5.32 Å². The van der Waals surface area contributed by atoms with Crippen LogP contribution in [0.15, 0.2) is 54.9 Å². The smallest absolute Gasteiger partial charge is 0.324 e. The predicted molar refractivity (Wildman–Crippen MR) is 90.2 cm³/mol. The van der Waals surface area contributed by atoms with Crippen molar-refractivity contribution in [2.75, 3.05) is 11.9 Å². The standard InChI is InChI=1S/C18H18N4O3/c23-17(20-14-6-8-19-9-7-14)16-10-15-11-21(16)18(24)22(15)25-12-13-4-2-1-3-5-13/h1-9,15-16H,10-12H2,(H,19,20,23)/t15-,16+/m1/s1. The summed E-state index contributed by atoms with van der Waals surface area (Å²) >= 11 is 0. The fourth-order valence-corrected chi connectivity index (χ4v) is 3.27. The Morgan fingerprint density at radius 3 is 2.68 bits per heavy atom. The number of fused-ring (bicyclic) bond motifs is 2. The summed E-state index contributed by atoms with van der Waals surface area (Å²) in [6, 6.07) is 12.3. The zero-order chi connectivity index (χ0) is 17.2. The molecular formula is C18H18N4O3. The van der Waals surface area contributed by atoms with E-state index in [4.69, 9.17) is 4.84 Å². The molecule has 0 aliphatic carbocycles. The largest absolute Gasteiger partial charge is 0.345 e. The third kappa shape index (κ3) is 3.06. The molecule has 25 heavy (non-hydrogen) atoms. The number of rotatable bonds is 5. The van der Waals surface area contributed by atoms with Gasteiger partial charge in [0, 0.05) is 31.0 Å². The Morgan fingerprint density at radius 2 is 1.96 bits per heavy atom. The van der Waals surface area contributed by atoms with E-state index >= 15 is 0 Å². The normalized spacial score (nSPS) is 21.7. The van der Waals surface area contributed by atoms with Crippen LogP contribution in [0.5, 0.6) is 0 Å². The molecule has 2 fully saturated rings. The minimum Gasteiger partial charge on any atom is -0.324 e. The van der Waals surface area contributed by atoms with Crippen molar-refractivity contribution in [1.82, 2.24) is 14.9 Å². The SMILES string of the molecule is O=C(Nc1ccncc1)[C@@H]1C[C@@H]2CN1C(=O)N2OCc1ccccc1. The Labute approximate surface area is 145 Å². The van der Waals surface area contributed by atoms with E-state index in [1.54, 1.807) is 29.4 Å². The highest BCUT2D eigenvalue weighted by Crippen LogP contribution is 2.32. The van der Waals surface area contributed by atoms with Gasteiger partial charge < -0.3 is 10.2 Å². The molecule has 4 rings (SSSR count). The number of nitrogens with one attached hydrogen (secondary N) is 1. The minimum absolute atomic E-state index is 0.0931. The fourth-order valence-electron chi connectivity index (χ4n) is 3.27. The van der Waals surface area contributed by atoms with Gasteiger partial charge in [-0.3, -0.25) is 14.6 Å². The summed E-state index contributed by atoms with van der Waals surface area (Å²) in [6.07, 6.45) is 3.79. The number of pyridine rings is 1. The van der Waals surface area contributed by atoms with Crippen LogP contribution in [-0.2, 0) is 16.2 Å². The van der Waals surface area contributed by atoms with Gasteiger partial charge in [-0.15, -0.1) is 0 Å². The molecule has 1 aromatic heterocycles. The van der Waals surface area contributed by atoms with Gasteiger partial charge in [-0.05, 0) is 17.7 Å². The second-order valence-electron chi connectivity index (χ2n) is 6.15. The number of carbonyl (C=O) groups excluding carboxylic acids is 2. The first-order valence-corrected chi connectivity index (χ1v) is 8.20. The number of anilines is 1. The molecule has 0 radical (unpaired) electrons. The molecule has 7 nitrogen and oxygen atoms in total. The van der Waals surface area contributed by atoms with Crippen LogP contribution in [-0.4, -0.2) is 45.5 Å². The van der Waals surface area contributed by atoms with Crippen LogP contribution in [0.2, 0.25) is 0 Å². The lowest BCUT2D eigenvalue weighted by Crippen LogP contribution is -2.49. The molecule has 0 spiro atoms. The van der Waals surface area contributed by atoms with Crippen LogP contribution in [0.25, 0.3) is 0 Å². The first-order valence-electron chi connectivity index (χ1n) is 8.20. The van der Waals surface area contributed by atoms with Crippen LogP contribution >= 0.6 is 0 Å². The number of aromatic nitrogens is 1. The third-order valence-corrected chi connectivity index (χ3v) is 4.51. The number of hydrogen-bond donors (Lipinski definition) is 1. The van der Waals surface area contributed by atoms with Crippen molar-refractivity contribution >= 4 is 17.6 Å². The van der Waals surface area contributed by atoms with Crippen LogP contribution in [0.4, 0.5) is 10.5 Å². The van der Waals surface area contributed by atoms with Gasteiger partial charge >= 0.3 is 6.03 Å². The molecule has 7 heteroatoms. The van der Waals surface area contributed by atoms with Crippen molar-refractivity contribution in [3.8, 4) is 0 Å². The Kier molecular flexibility index (Phi) is 4.07. The summed E-state index contributed by atoms with van der Waals surface area (Å²) in [7, 11) is 0. The van der Waals surface area contributed by atoms with Gasteiger partial charge in [-0.1, -0.05) is 30.3 Å². The predicted octanol–water partition coefficient (Wildman–Crippen LogP) is 2.03. The number of benzene rings is 1. The molecule has 2 aliphatic rings. The Morgan fingerprint density at radius 1 is 1.20 bits per heavy atom. The van der Waals surface area contributed by atoms with Crippen molar-refractivity contribution in [2.45, 2.75) is 25.1 Å². The maximum atomic E-state index is 12.5. The lowest BCUT2D eigenvalue weighted by atomic mass is 10.1. The number of carbonyl (C=O) groups is 2. The molecule has 2 aromatic rings. The van der Waals surface area contributed by atoms with Crippen LogP contribution in [0.3, 0.4) is 0 Å². The van der Waals surface area contributed by atoms with Crippen LogP contribution in [0.1, 0.15) is 12.0 Å². The zero-order valence-corrected chi connectivity index (χ0v) is 13.5. The van der Waals surface area contributed by atoms with E-state index in [1.807, 2.05) is 30.3 Å². The van der Waals surface area contributed by atoms with E-state index in [1.165, 1.54) is 5.06 Å². The van der Waals surface area contributed by atoms with E-state index in [0.29, 0.717) is 25.3 Å². The second-order valence-corrected chi connectivity index (χ2v) is 6.15. The van der Waals surface area contributed by atoms with Gasteiger partial charge in [0.1, 0.15) is 12.6 Å². The monoisotopic (exact) mass is 338 g/mol. The molecule has 0 saturated carbocycles. The molecule has 2 saturated heterocycles. The highest BCUT2D eigenvalue weighted by molar-refractivity contribution is 5.98. The van der Waals surface area contributed by atoms with Gasteiger partial charge in [0.15, 0.2) is 0 Å². The van der Waals surface area contributed by atoms with Crippen molar-refractivity contribution in [1.29, 1.82) is 0 Å². The number of urea groups is 1. The summed E-state index contributed by atoms with van der Waals surface area (Å²) in [5, 5.41) is 4.24. The first-order chi connectivity index (χ1) is 12.2. The Balaban J connectivity index is 1.36. The van der Waals surface area contributed by atoms with E-state index in [2.05, 4.69) is 10.3 Å². The molecule has 2 bridgehead atoms. The minimum atomic E-state index is -0.456. The van der Waals surface area contributed by atoms with Crippen molar-refractivity contribution < 1.29 is 14.4 Å². The molecule has 2 aliphatic heterocycles. The van der Waals surface area contributed by atoms with Gasteiger partial charge in [-0.2, -0.15) is 5.06 Å². The quantitative estimate of drug-likeness (QED) is 0.905. The van der Waals surface area contributed by atoms with Gasteiger partial charge in [0.05, 0.1) is 6.04 Å². The summed E-state index contributed by atoms with van der Waals surface area (Å²) in [4.78, 5) is 36.1. The average molecular weight is 338 g/mol. The van der Waals surface area contributed by atoms with E-state index in [0.717, 1.165) is 5.56 Å². The zero-order valence-electron chi connectivity index (χ0n) is 13.5. The maximum Gasteiger partial charge on any atom is 0.345 e. The highest BCUT2D eigenvalue weighted by atomic mass is 16.7. The maximum absolute atomic E-state index is 12.5. The molecule has 1 aromatic carbocycles. The summed E-state index contributed by atoms with van der Waals surface area (Å²) < 4.78 is 0. The molecule has 2 atom stereocenters. The van der Waals surface area contributed by atoms with Crippen LogP contribution in [0, 0.1) is 0 Å². The topological polar surface area (TPSA) is 74.8 Å². The van der Waals surface area contributed by atoms with E-state index in [9.17, 15) is 9.59 Å². The van der Waals surface area contributed by atoms with Gasteiger partial charge in [0.2, 0.25) is 5.91 Å². The molecule has 0 unspecified atom stereocenters. The average Bonchev–Trinajstić information content (AvgIpc) is 3.20. The molecular weight excluding hydrogens is 320 g/mol. The van der Waals surface area contributed by atoms with Crippen molar-refractivity contribution in [3.05, 3.63) is 60.4 Å². The first kappa shape index (κ1) is 15.6. The molecule has 1 N–H and O–H groups in total. The molecule has 3 amide bonds. The number of hydroxylamine groups is 2. The van der Waals surface area contributed by atoms with E-state index in [-0.39, 0.29) is 18.0 Å². The van der Waals surface area contributed by atoms with Gasteiger partial charge in [-0.25, -0.2) is 4.79 Å². The van der Waals surface area contributed by atoms with E-state index < -0.39 is 6.04 Å². The van der Waals surface area contributed by atoms with Gasteiger partial charge in [0.25, 0.3) is 0 Å². The molecule has 128 valence electrons. The summed E-state index contributed by atoms with van der Waals surface area (Å²) in [5.41, 5.74) is 1.67. The number of nitrogens with zero attached hydrogens (tertiary/aromatic N) is 3. The summed E-state index contributed by atoms with van der Waals surface area (Å²) in [6.45, 7) is 0.854. The number of amides is 3. The van der Waals surface area contributed by atoms with Crippen molar-refractivity contribution in [2.24, 2.45) is 0 Å². The van der Waals surface area contributed by atoms with Crippen molar-refractivity contribution in [3.63, 3.8) is 0 Å². The number of hydrogen-bond acceptors (Lipinski definition) is 4. The lowest BCUT2D eigenvalue weighted by Gasteiger charge is -2.30.